The predicted octanol–water partition coefficient (Wildman–Crippen LogP) is 2.44. The number of nitrogens with zero attached hydrogens (tertiary/aromatic N) is 1. The molecule has 0 aromatic rings. The molecule has 98 valence electrons. The molecule has 0 N–H and O–H groups in total. The van der Waals surface area contributed by atoms with Crippen LogP contribution in [0, 0.1) is 16.7 Å². The van der Waals surface area contributed by atoms with E-state index < -0.39 is 0 Å². The summed E-state index contributed by atoms with van der Waals surface area (Å²) in [6.07, 6.45) is 4.21. The Morgan fingerprint density at radius 1 is 1.29 bits per heavy atom. The van der Waals surface area contributed by atoms with Gasteiger partial charge in [-0.25, -0.2) is 0 Å². The Bertz CT molecular complexity index is 301. The van der Waals surface area contributed by atoms with Crippen LogP contribution in [0.25, 0.3) is 0 Å². The molecule has 2 nitrogen and oxygen atoms in total. The number of ether oxygens (including phenoxy) is 1. The molecule has 0 amide bonds. The number of hydrogen-bond acceptors (Lipinski definition) is 3. The van der Waals surface area contributed by atoms with E-state index in [1.807, 2.05) is 0 Å². The van der Waals surface area contributed by atoms with Crippen molar-refractivity contribution in [2.75, 3.05) is 32.1 Å². The lowest BCUT2D eigenvalue weighted by molar-refractivity contribution is -0.0249. The van der Waals surface area contributed by atoms with Crippen LogP contribution in [-0.2, 0) is 4.74 Å². The van der Waals surface area contributed by atoms with Gasteiger partial charge in [-0.3, -0.25) is 4.90 Å². The van der Waals surface area contributed by atoms with Gasteiger partial charge in [-0.05, 0) is 36.3 Å². The Morgan fingerprint density at radius 3 is 2.59 bits per heavy atom. The molecule has 3 rings (SSSR count). The average molecular weight is 255 g/mol. The van der Waals surface area contributed by atoms with E-state index in [4.69, 9.17) is 17.4 Å². The molecular formula is C14H25NOS. The molecule has 3 fully saturated rings. The molecule has 0 radical (unpaired) electrons. The first-order chi connectivity index (χ1) is 8.12. The van der Waals surface area contributed by atoms with E-state index in [1.54, 1.807) is 0 Å². The van der Waals surface area contributed by atoms with Gasteiger partial charge in [-0.15, -0.1) is 0 Å². The lowest BCUT2D eigenvalue weighted by Gasteiger charge is -2.47. The second-order valence-electron chi connectivity index (χ2n) is 6.67. The summed E-state index contributed by atoms with van der Waals surface area (Å²) < 4.78 is 5.50. The zero-order valence-electron chi connectivity index (χ0n) is 11.1. The molecule has 17 heavy (non-hydrogen) atoms. The van der Waals surface area contributed by atoms with Gasteiger partial charge in [0, 0.05) is 24.5 Å². The van der Waals surface area contributed by atoms with E-state index in [1.165, 1.54) is 19.3 Å². The summed E-state index contributed by atoms with van der Waals surface area (Å²) in [5, 5.41) is 0. The Morgan fingerprint density at radius 2 is 2.00 bits per heavy atom. The van der Waals surface area contributed by atoms with Crippen molar-refractivity contribution >= 4 is 12.6 Å². The van der Waals surface area contributed by atoms with E-state index in [0.29, 0.717) is 10.8 Å². The molecule has 3 heteroatoms. The molecule has 1 saturated heterocycles. The summed E-state index contributed by atoms with van der Waals surface area (Å²) in [5.74, 6) is 1.97. The third kappa shape index (κ3) is 1.55. The number of hydrogen-bond donors (Lipinski definition) is 1. The van der Waals surface area contributed by atoms with Gasteiger partial charge in [0.1, 0.15) is 0 Å². The molecule has 2 unspecified atom stereocenters. The number of fused-ring (bicyclic) bond motifs is 2. The molecule has 0 aromatic carbocycles. The van der Waals surface area contributed by atoms with Crippen molar-refractivity contribution in [3.05, 3.63) is 0 Å². The van der Waals surface area contributed by atoms with Gasteiger partial charge in [-0.2, -0.15) is 12.6 Å². The maximum Gasteiger partial charge on any atom is 0.0594 e. The van der Waals surface area contributed by atoms with Crippen molar-refractivity contribution < 1.29 is 4.74 Å². The molecule has 2 saturated carbocycles. The Balaban J connectivity index is 1.87. The lowest BCUT2D eigenvalue weighted by Crippen LogP contribution is -2.53. The standard InChI is InChI=1S/C14H25NOS/c1-13(2)11-3-4-14(13,10-17)12(9-11)15-5-7-16-8-6-15/h11-12,17H,3-10H2,1-2H3/t11-,12?,14?/m1/s1. The van der Waals surface area contributed by atoms with E-state index in [-0.39, 0.29) is 0 Å². The predicted molar refractivity (Wildman–Crippen MR) is 73.6 cm³/mol. The normalized spacial score (nSPS) is 45.4. The molecule has 2 bridgehead atoms. The highest BCUT2D eigenvalue weighted by atomic mass is 32.1. The van der Waals surface area contributed by atoms with Crippen molar-refractivity contribution in [3.8, 4) is 0 Å². The fraction of sp³-hybridized carbons (Fsp3) is 1.00. The van der Waals surface area contributed by atoms with Crippen LogP contribution < -0.4 is 0 Å². The molecule has 3 aliphatic rings. The van der Waals surface area contributed by atoms with Gasteiger partial charge in [0.2, 0.25) is 0 Å². The zero-order chi connectivity index (χ0) is 12.1. The number of rotatable bonds is 2. The Labute approximate surface area is 110 Å². The minimum absolute atomic E-state index is 0.456. The lowest BCUT2D eigenvalue weighted by atomic mass is 9.68. The van der Waals surface area contributed by atoms with E-state index >= 15 is 0 Å². The van der Waals surface area contributed by atoms with Crippen molar-refractivity contribution in [2.24, 2.45) is 16.7 Å². The summed E-state index contributed by atoms with van der Waals surface area (Å²) in [5.41, 5.74) is 0.940. The fourth-order valence-corrected chi connectivity index (χ4v) is 5.58. The topological polar surface area (TPSA) is 12.5 Å². The van der Waals surface area contributed by atoms with Crippen LogP contribution in [0.5, 0.6) is 0 Å². The van der Waals surface area contributed by atoms with Crippen LogP contribution in [0.4, 0.5) is 0 Å². The highest BCUT2D eigenvalue weighted by molar-refractivity contribution is 7.80. The molecule has 1 heterocycles. The highest BCUT2D eigenvalue weighted by Crippen LogP contribution is 2.67. The minimum Gasteiger partial charge on any atom is -0.379 e. The molecule has 0 spiro atoms. The Hall–Kier alpha value is 0.270. The summed E-state index contributed by atoms with van der Waals surface area (Å²) >= 11 is 4.74. The minimum atomic E-state index is 0.456. The van der Waals surface area contributed by atoms with E-state index in [9.17, 15) is 0 Å². The average Bonchev–Trinajstić information content (AvgIpc) is 2.74. The quantitative estimate of drug-likeness (QED) is 0.761. The maximum absolute atomic E-state index is 5.50. The van der Waals surface area contributed by atoms with E-state index in [0.717, 1.165) is 44.0 Å². The summed E-state index contributed by atoms with van der Waals surface area (Å²) in [6, 6.07) is 0.762. The van der Waals surface area contributed by atoms with Crippen LogP contribution in [-0.4, -0.2) is 43.0 Å². The van der Waals surface area contributed by atoms with Gasteiger partial charge in [0.25, 0.3) is 0 Å². The van der Waals surface area contributed by atoms with Crippen LogP contribution in [0.3, 0.4) is 0 Å². The van der Waals surface area contributed by atoms with Gasteiger partial charge in [-0.1, -0.05) is 13.8 Å². The number of thiol groups is 1. The van der Waals surface area contributed by atoms with Crippen molar-refractivity contribution in [3.63, 3.8) is 0 Å². The van der Waals surface area contributed by atoms with Gasteiger partial charge in [0.05, 0.1) is 13.2 Å². The van der Waals surface area contributed by atoms with Gasteiger partial charge in [0.15, 0.2) is 0 Å². The molecule has 1 aliphatic heterocycles. The molecule has 3 atom stereocenters. The van der Waals surface area contributed by atoms with Crippen LogP contribution >= 0.6 is 12.6 Å². The second-order valence-corrected chi connectivity index (χ2v) is 6.99. The Kier molecular flexibility index (Phi) is 3.00. The largest absolute Gasteiger partial charge is 0.379 e. The number of morpholine rings is 1. The summed E-state index contributed by atoms with van der Waals surface area (Å²) in [6.45, 7) is 9.07. The smallest absolute Gasteiger partial charge is 0.0594 e. The SMILES string of the molecule is CC1(C)[C@@H]2CCC1(CS)C(N1CCOCC1)C2. The monoisotopic (exact) mass is 255 g/mol. The van der Waals surface area contributed by atoms with Gasteiger partial charge >= 0.3 is 0 Å². The van der Waals surface area contributed by atoms with Crippen molar-refractivity contribution in [1.82, 2.24) is 4.90 Å². The van der Waals surface area contributed by atoms with Crippen LogP contribution in [0.1, 0.15) is 33.1 Å². The fourth-order valence-electron chi connectivity index (χ4n) is 4.80. The molecule has 0 aromatic heterocycles. The van der Waals surface area contributed by atoms with E-state index in [2.05, 4.69) is 18.7 Å². The van der Waals surface area contributed by atoms with Gasteiger partial charge < -0.3 is 4.74 Å². The third-order valence-corrected chi connectivity index (χ3v) is 6.72. The van der Waals surface area contributed by atoms with Crippen molar-refractivity contribution in [2.45, 2.75) is 39.2 Å². The first-order valence-corrected chi connectivity index (χ1v) is 7.68. The van der Waals surface area contributed by atoms with Crippen molar-refractivity contribution in [1.29, 1.82) is 0 Å². The van der Waals surface area contributed by atoms with Crippen LogP contribution in [0.15, 0.2) is 0 Å². The summed E-state index contributed by atoms with van der Waals surface area (Å²) in [4.78, 5) is 2.70. The third-order valence-electron chi connectivity index (χ3n) is 6.16. The molecular weight excluding hydrogens is 230 g/mol. The first kappa shape index (κ1) is 12.3. The maximum atomic E-state index is 5.50. The summed E-state index contributed by atoms with van der Waals surface area (Å²) in [7, 11) is 0. The van der Waals surface area contributed by atoms with Crippen LogP contribution in [0.2, 0.25) is 0 Å². The molecule has 2 aliphatic carbocycles. The second kappa shape index (κ2) is 4.14. The first-order valence-electron chi connectivity index (χ1n) is 7.04. The zero-order valence-corrected chi connectivity index (χ0v) is 12.0. The highest BCUT2D eigenvalue weighted by Gasteiger charge is 2.64.